The second-order valence-electron chi connectivity index (χ2n) is 5.72. The van der Waals surface area contributed by atoms with Crippen LogP contribution in [0, 0.1) is 0 Å². The number of aromatic nitrogens is 4. The zero-order valence-corrected chi connectivity index (χ0v) is 14.2. The van der Waals surface area contributed by atoms with Crippen LogP contribution >= 0.6 is 11.3 Å². The van der Waals surface area contributed by atoms with Gasteiger partial charge >= 0.3 is 0 Å². The first-order valence-corrected chi connectivity index (χ1v) is 8.96. The van der Waals surface area contributed by atoms with Crippen LogP contribution < -0.4 is 0 Å². The van der Waals surface area contributed by atoms with E-state index in [1.807, 2.05) is 27.1 Å². The van der Waals surface area contributed by atoms with Crippen molar-refractivity contribution in [1.82, 2.24) is 30.0 Å². The molecule has 124 valence electrons. The van der Waals surface area contributed by atoms with Crippen LogP contribution in [0.3, 0.4) is 0 Å². The van der Waals surface area contributed by atoms with Gasteiger partial charge in [0.25, 0.3) is 5.91 Å². The van der Waals surface area contributed by atoms with Gasteiger partial charge in [0.1, 0.15) is 0 Å². The maximum Gasteiger partial charge on any atom is 0.263 e. The average Bonchev–Trinajstić information content (AvgIpc) is 3.17. The highest BCUT2D eigenvalue weighted by Gasteiger charge is 2.22. The fourth-order valence-corrected chi connectivity index (χ4v) is 3.50. The van der Waals surface area contributed by atoms with Crippen LogP contribution in [0.25, 0.3) is 0 Å². The fraction of sp³-hybridized carbons (Fsp3) is 0.600. The third kappa shape index (κ3) is 3.94. The molecule has 1 amide bonds. The lowest BCUT2D eigenvalue weighted by molar-refractivity contribution is 0.0765. The van der Waals surface area contributed by atoms with Gasteiger partial charge in [0.2, 0.25) is 0 Å². The minimum atomic E-state index is 0.151. The summed E-state index contributed by atoms with van der Waals surface area (Å²) in [6.07, 6.45) is 1.99. The summed E-state index contributed by atoms with van der Waals surface area (Å²) >= 11 is 1.51. The molecule has 0 atom stereocenters. The molecule has 1 aliphatic rings. The largest absolute Gasteiger partial charge is 0.337 e. The molecule has 8 heteroatoms. The van der Waals surface area contributed by atoms with Crippen molar-refractivity contribution < 1.29 is 4.79 Å². The van der Waals surface area contributed by atoms with Gasteiger partial charge < -0.3 is 4.90 Å². The zero-order chi connectivity index (χ0) is 16.1. The monoisotopic (exact) mass is 334 g/mol. The van der Waals surface area contributed by atoms with Crippen molar-refractivity contribution in [2.24, 2.45) is 0 Å². The van der Waals surface area contributed by atoms with Gasteiger partial charge in [0, 0.05) is 32.7 Å². The molecule has 0 spiro atoms. The van der Waals surface area contributed by atoms with E-state index in [0.717, 1.165) is 62.8 Å². The Kier molecular flexibility index (Phi) is 5.35. The number of carbonyl (C=O) groups excluding carboxylic acids is 1. The Morgan fingerprint density at radius 2 is 2.22 bits per heavy atom. The third-order valence-corrected chi connectivity index (χ3v) is 4.87. The minimum Gasteiger partial charge on any atom is -0.337 e. The number of tetrazole rings is 1. The Hall–Kier alpha value is -1.80. The van der Waals surface area contributed by atoms with E-state index in [1.54, 1.807) is 0 Å². The van der Waals surface area contributed by atoms with Crippen molar-refractivity contribution in [2.75, 3.05) is 26.2 Å². The second kappa shape index (κ2) is 7.65. The summed E-state index contributed by atoms with van der Waals surface area (Å²) in [5.41, 5.74) is 0. The average molecular weight is 334 g/mol. The highest BCUT2D eigenvalue weighted by molar-refractivity contribution is 7.12. The summed E-state index contributed by atoms with van der Waals surface area (Å²) in [6, 6.07) is 3.82. The predicted octanol–water partition coefficient (Wildman–Crippen LogP) is 1.49. The molecule has 0 N–H and O–H groups in total. The number of hydrogen-bond donors (Lipinski definition) is 0. The number of carbonyl (C=O) groups is 1. The topological polar surface area (TPSA) is 67.2 Å². The van der Waals surface area contributed by atoms with Crippen LogP contribution in [0.15, 0.2) is 17.5 Å². The normalized spacial score (nSPS) is 16.5. The smallest absolute Gasteiger partial charge is 0.263 e. The molecule has 0 aromatic carbocycles. The molecule has 2 aromatic rings. The molecule has 1 aliphatic heterocycles. The molecular weight excluding hydrogens is 312 g/mol. The van der Waals surface area contributed by atoms with Crippen molar-refractivity contribution in [2.45, 2.75) is 32.9 Å². The number of nitrogens with zero attached hydrogens (tertiary/aromatic N) is 6. The van der Waals surface area contributed by atoms with Gasteiger partial charge in [-0.2, -0.15) is 0 Å². The summed E-state index contributed by atoms with van der Waals surface area (Å²) in [7, 11) is 0. The molecule has 0 unspecified atom stereocenters. The van der Waals surface area contributed by atoms with E-state index < -0.39 is 0 Å². The molecular formula is C15H22N6OS. The van der Waals surface area contributed by atoms with Crippen LogP contribution in [-0.2, 0) is 13.1 Å². The first kappa shape index (κ1) is 16.1. The maximum absolute atomic E-state index is 12.5. The fourth-order valence-electron chi connectivity index (χ4n) is 2.81. The van der Waals surface area contributed by atoms with Crippen molar-refractivity contribution in [3.8, 4) is 0 Å². The van der Waals surface area contributed by atoms with E-state index in [0.29, 0.717) is 0 Å². The molecule has 23 heavy (non-hydrogen) atoms. The third-order valence-electron chi connectivity index (χ3n) is 4.01. The van der Waals surface area contributed by atoms with E-state index >= 15 is 0 Å². The van der Waals surface area contributed by atoms with Crippen LogP contribution in [0.2, 0.25) is 0 Å². The summed E-state index contributed by atoms with van der Waals surface area (Å²) in [6.45, 7) is 7.10. The summed E-state index contributed by atoms with van der Waals surface area (Å²) < 4.78 is 1.87. The highest BCUT2D eigenvalue weighted by Crippen LogP contribution is 2.14. The molecule has 1 fully saturated rings. The van der Waals surface area contributed by atoms with Crippen molar-refractivity contribution in [1.29, 1.82) is 0 Å². The zero-order valence-electron chi connectivity index (χ0n) is 13.4. The number of aryl methyl sites for hydroxylation is 1. The van der Waals surface area contributed by atoms with E-state index in [-0.39, 0.29) is 5.91 Å². The molecule has 2 aromatic heterocycles. The Morgan fingerprint density at radius 3 is 3.00 bits per heavy atom. The molecule has 3 rings (SSSR count). The van der Waals surface area contributed by atoms with Crippen molar-refractivity contribution in [3.05, 3.63) is 28.2 Å². The van der Waals surface area contributed by atoms with Crippen LogP contribution in [0.1, 0.15) is 35.3 Å². The van der Waals surface area contributed by atoms with Crippen LogP contribution in [-0.4, -0.2) is 62.1 Å². The number of thiophene rings is 1. The first-order chi connectivity index (χ1) is 11.3. The lowest BCUT2D eigenvalue weighted by Crippen LogP contribution is -2.35. The van der Waals surface area contributed by atoms with Gasteiger partial charge in [-0.25, -0.2) is 4.68 Å². The molecule has 0 radical (unpaired) electrons. The minimum absolute atomic E-state index is 0.151. The Balaban J connectivity index is 1.58. The summed E-state index contributed by atoms with van der Waals surface area (Å²) in [5.74, 6) is 1.06. The quantitative estimate of drug-likeness (QED) is 0.829. The number of rotatable bonds is 5. The van der Waals surface area contributed by atoms with E-state index in [9.17, 15) is 4.79 Å². The Bertz CT molecular complexity index is 626. The van der Waals surface area contributed by atoms with Crippen LogP contribution in [0.5, 0.6) is 0 Å². The number of hydrogen-bond acceptors (Lipinski definition) is 6. The van der Waals surface area contributed by atoms with Gasteiger partial charge in [-0.3, -0.25) is 9.69 Å². The lowest BCUT2D eigenvalue weighted by Gasteiger charge is -2.21. The lowest BCUT2D eigenvalue weighted by atomic mass is 10.3. The molecule has 0 aliphatic carbocycles. The van der Waals surface area contributed by atoms with E-state index in [4.69, 9.17) is 0 Å². The first-order valence-electron chi connectivity index (χ1n) is 8.08. The van der Waals surface area contributed by atoms with E-state index in [1.165, 1.54) is 11.3 Å². The predicted molar refractivity (Wildman–Crippen MR) is 88.2 cm³/mol. The van der Waals surface area contributed by atoms with Gasteiger partial charge in [-0.1, -0.05) is 13.0 Å². The number of amides is 1. The van der Waals surface area contributed by atoms with Crippen molar-refractivity contribution >= 4 is 17.2 Å². The van der Waals surface area contributed by atoms with Crippen molar-refractivity contribution in [3.63, 3.8) is 0 Å². The van der Waals surface area contributed by atoms with Gasteiger partial charge in [-0.15, -0.1) is 16.4 Å². The molecule has 0 bridgehead atoms. The summed E-state index contributed by atoms with van der Waals surface area (Å²) in [4.78, 5) is 17.6. The van der Waals surface area contributed by atoms with Gasteiger partial charge in [0.05, 0.1) is 11.4 Å². The molecule has 0 saturated carbocycles. The SMILES string of the molecule is CCCn1nnnc1CN1CCCN(C(=O)c2cccs2)CC1. The maximum atomic E-state index is 12.5. The summed E-state index contributed by atoms with van der Waals surface area (Å²) in [5, 5.41) is 13.9. The Morgan fingerprint density at radius 1 is 1.30 bits per heavy atom. The molecule has 7 nitrogen and oxygen atoms in total. The Labute approximate surface area is 139 Å². The standard InChI is InChI=1S/C15H22N6OS/c1-2-6-21-14(16-17-18-21)12-19-7-4-8-20(10-9-19)15(22)13-5-3-11-23-13/h3,5,11H,2,4,6-10,12H2,1H3. The van der Waals surface area contributed by atoms with Gasteiger partial charge in [-0.05, 0) is 34.7 Å². The molecule has 1 saturated heterocycles. The van der Waals surface area contributed by atoms with Crippen LogP contribution in [0.4, 0.5) is 0 Å². The molecule has 3 heterocycles. The van der Waals surface area contributed by atoms with Gasteiger partial charge in [0.15, 0.2) is 5.82 Å². The highest BCUT2D eigenvalue weighted by atomic mass is 32.1. The second-order valence-corrected chi connectivity index (χ2v) is 6.67. The van der Waals surface area contributed by atoms with E-state index in [2.05, 4.69) is 27.3 Å².